The number of Topliss-reactive ketones (excluding diaryl/α,β-unsaturated/α-hetero) is 1. The number of nitrogens with one attached hydrogen (secondary N) is 1. The van der Waals surface area contributed by atoms with Gasteiger partial charge in [0, 0.05) is 12.4 Å². The van der Waals surface area contributed by atoms with Crippen molar-refractivity contribution in [3.63, 3.8) is 0 Å². The number of thioether (sulfide) groups is 1. The minimum atomic E-state index is -0.424. The van der Waals surface area contributed by atoms with Gasteiger partial charge in [-0.3, -0.25) is 9.59 Å². The number of nitrogens with zero attached hydrogens (tertiary/aromatic N) is 2. The molecule has 0 bridgehead atoms. The molecular formula is C13H19N3O2S. The molecule has 0 spiro atoms. The van der Waals surface area contributed by atoms with Crippen LogP contribution in [0.2, 0.25) is 0 Å². The van der Waals surface area contributed by atoms with Crippen LogP contribution in [0.1, 0.15) is 26.3 Å². The maximum atomic E-state index is 11.8. The van der Waals surface area contributed by atoms with Gasteiger partial charge in [-0.25, -0.2) is 9.97 Å². The summed E-state index contributed by atoms with van der Waals surface area (Å²) in [5.74, 6) is 0.0876. The van der Waals surface area contributed by atoms with Gasteiger partial charge in [-0.2, -0.15) is 0 Å². The molecule has 0 radical (unpaired) electrons. The van der Waals surface area contributed by atoms with Crippen molar-refractivity contribution in [1.29, 1.82) is 0 Å². The maximum Gasteiger partial charge on any atom is 0.231 e. The highest BCUT2D eigenvalue weighted by Crippen LogP contribution is 2.12. The van der Waals surface area contributed by atoms with E-state index in [0.29, 0.717) is 5.16 Å². The molecule has 0 aliphatic heterocycles. The Morgan fingerprint density at radius 3 is 2.37 bits per heavy atom. The topological polar surface area (TPSA) is 72.0 Å². The van der Waals surface area contributed by atoms with E-state index in [-0.39, 0.29) is 23.4 Å². The molecule has 5 nitrogen and oxygen atoms in total. The molecular weight excluding hydrogens is 262 g/mol. The van der Waals surface area contributed by atoms with Crippen molar-refractivity contribution in [2.45, 2.75) is 38.9 Å². The SMILES string of the molecule is CC(=O)C(NC(=O)CSc1ncc(C)cn1)C(C)C. The van der Waals surface area contributed by atoms with Gasteiger partial charge in [0.05, 0.1) is 11.8 Å². The summed E-state index contributed by atoms with van der Waals surface area (Å²) in [5.41, 5.74) is 0.977. The zero-order valence-corrected chi connectivity index (χ0v) is 12.5. The van der Waals surface area contributed by atoms with Gasteiger partial charge in [0.25, 0.3) is 0 Å². The first kappa shape index (κ1) is 15.6. The van der Waals surface area contributed by atoms with Crippen LogP contribution in [0.4, 0.5) is 0 Å². The van der Waals surface area contributed by atoms with Crippen LogP contribution in [0.15, 0.2) is 17.6 Å². The fourth-order valence-electron chi connectivity index (χ4n) is 1.54. The Morgan fingerprint density at radius 1 is 1.32 bits per heavy atom. The van der Waals surface area contributed by atoms with Gasteiger partial charge >= 0.3 is 0 Å². The minimum absolute atomic E-state index is 0.0278. The lowest BCUT2D eigenvalue weighted by Gasteiger charge is -2.19. The van der Waals surface area contributed by atoms with Gasteiger partial charge in [-0.15, -0.1) is 0 Å². The quantitative estimate of drug-likeness (QED) is 0.633. The molecule has 0 aliphatic carbocycles. The number of aryl methyl sites for hydroxylation is 1. The average molecular weight is 281 g/mol. The Morgan fingerprint density at radius 2 is 1.89 bits per heavy atom. The number of amides is 1. The lowest BCUT2D eigenvalue weighted by atomic mass is 10.0. The van der Waals surface area contributed by atoms with Crippen molar-refractivity contribution < 1.29 is 9.59 Å². The van der Waals surface area contributed by atoms with Crippen LogP contribution in [0.25, 0.3) is 0 Å². The first-order chi connectivity index (χ1) is 8.90. The Kier molecular flexibility index (Phi) is 5.95. The van der Waals surface area contributed by atoms with Crippen LogP contribution in [-0.2, 0) is 9.59 Å². The van der Waals surface area contributed by atoms with Crippen LogP contribution in [0.5, 0.6) is 0 Å². The molecule has 1 heterocycles. The number of hydrogen-bond acceptors (Lipinski definition) is 5. The first-order valence-electron chi connectivity index (χ1n) is 6.11. The van der Waals surface area contributed by atoms with Crippen LogP contribution in [0, 0.1) is 12.8 Å². The fourth-order valence-corrected chi connectivity index (χ4v) is 2.14. The summed E-state index contributed by atoms with van der Waals surface area (Å²) < 4.78 is 0. The molecule has 1 aromatic heterocycles. The third-order valence-electron chi connectivity index (χ3n) is 2.51. The largest absolute Gasteiger partial charge is 0.345 e. The van der Waals surface area contributed by atoms with Crippen molar-refractivity contribution >= 4 is 23.5 Å². The van der Waals surface area contributed by atoms with E-state index < -0.39 is 6.04 Å². The van der Waals surface area contributed by atoms with Gasteiger partial charge in [0.2, 0.25) is 5.91 Å². The van der Waals surface area contributed by atoms with Crippen molar-refractivity contribution in [3.8, 4) is 0 Å². The molecule has 1 rings (SSSR count). The average Bonchev–Trinajstić information content (AvgIpc) is 2.34. The number of rotatable bonds is 6. The number of carbonyl (C=O) groups excluding carboxylic acids is 2. The molecule has 1 atom stereocenters. The minimum Gasteiger partial charge on any atom is -0.345 e. The van der Waals surface area contributed by atoms with E-state index in [4.69, 9.17) is 0 Å². The van der Waals surface area contributed by atoms with Crippen LogP contribution in [-0.4, -0.2) is 33.5 Å². The molecule has 0 aromatic carbocycles. The molecule has 1 amide bonds. The molecule has 1 aromatic rings. The van der Waals surface area contributed by atoms with Crippen LogP contribution in [0.3, 0.4) is 0 Å². The molecule has 0 aliphatic rings. The van der Waals surface area contributed by atoms with Gasteiger partial charge < -0.3 is 5.32 Å². The summed E-state index contributed by atoms with van der Waals surface area (Å²) >= 11 is 1.26. The molecule has 19 heavy (non-hydrogen) atoms. The highest BCUT2D eigenvalue weighted by atomic mass is 32.2. The van der Waals surface area contributed by atoms with E-state index in [1.165, 1.54) is 18.7 Å². The number of ketones is 1. The monoisotopic (exact) mass is 281 g/mol. The normalized spacial score (nSPS) is 12.3. The number of aromatic nitrogens is 2. The van der Waals surface area contributed by atoms with Crippen molar-refractivity contribution in [2.24, 2.45) is 5.92 Å². The second-order valence-corrected chi connectivity index (χ2v) is 5.67. The third kappa shape index (κ3) is 5.38. The second-order valence-electron chi connectivity index (χ2n) is 4.73. The van der Waals surface area contributed by atoms with E-state index in [1.807, 2.05) is 20.8 Å². The second kappa shape index (κ2) is 7.23. The summed E-state index contributed by atoms with van der Waals surface area (Å²) in [5, 5.41) is 3.29. The summed E-state index contributed by atoms with van der Waals surface area (Å²) in [6.07, 6.45) is 3.42. The predicted molar refractivity (Wildman–Crippen MR) is 74.9 cm³/mol. The van der Waals surface area contributed by atoms with Crippen molar-refractivity contribution in [2.75, 3.05) is 5.75 Å². The molecule has 0 saturated carbocycles. The van der Waals surface area contributed by atoms with Crippen LogP contribution < -0.4 is 5.32 Å². The molecule has 6 heteroatoms. The van der Waals surface area contributed by atoms with Crippen LogP contribution >= 0.6 is 11.8 Å². The van der Waals surface area contributed by atoms with Gasteiger partial charge in [-0.05, 0) is 25.3 Å². The Labute approximate surface area is 117 Å². The zero-order valence-electron chi connectivity index (χ0n) is 11.6. The molecule has 1 N–H and O–H groups in total. The summed E-state index contributed by atoms with van der Waals surface area (Å²) in [7, 11) is 0. The van der Waals surface area contributed by atoms with Gasteiger partial charge in [0.1, 0.15) is 0 Å². The maximum absolute atomic E-state index is 11.8. The molecule has 104 valence electrons. The molecule has 0 fully saturated rings. The molecule has 1 unspecified atom stereocenters. The smallest absolute Gasteiger partial charge is 0.231 e. The van der Waals surface area contributed by atoms with E-state index >= 15 is 0 Å². The summed E-state index contributed by atoms with van der Waals surface area (Å²) in [6, 6.07) is -0.424. The Bertz CT molecular complexity index is 446. The highest BCUT2D eigenvalue weighted by Gasteiger charge is 2.20. The Hall–Kier alpha value is -1.43. The summed E-state index contributed by atoms with van der Waals surface area (Å²) in [6.45, 7) is 7.20. The number of carbonyl (C=O) groups is 2. The first-order valence-corrected chi connectivity index (χ1v) is 7.10. The lowest BCUT2D eigenvalue weighted by molar-refractivity contribution is -0.126. The van der Waals surface area contributed by atoms with Crippen molar-refractivity contribution in [1.82, 2.24) is 15.3 Å². The van der Waals surface area contributed by atoms with E-state index in [2.05, 4.69) is 15.3 Å². The van der Waals surface area contributed by atoms with Crippen molar-refractivity contribution in [3.05, 3.63) is 18.0 Å². The molecule has 0 saturated heterocycles. The lowest BCUT2D eigenvalue weighted by Crippen LogP contribution is -2.44. The number of hydrogen-bond donors (Lipinski definition) is 1. The van der Waals surface area contributed by atoms with E-state index in [0.717, 1.165) is 5.56 Å². The third-order valence-corrected chi connectivity index (χ3v) is 3.39. The predicted octanol–water partition coefficient (Wildman–Crippen LogP) is 1.61. The summed E-state index contributed by atoms with van der Waals surface area (Å²) in [4.78, 5) is 31.4. The highest BCUT2D eigenvalue weighted by molar-refractivity contribution is 7.99. The fraction of sp³-hybridized carbons (Fsp3) is 0.538. The zero-order chi connectivity index (χ0) is 14.4. The Balaban J connectivity index is 2.47. The van der Waals surface area contributed by atoms with E-state index in [9.17, 15) is 9.59 Å². The van der Waals surface area contributed by atoms with E-state index in [1.54, 1.807) is 12.4 Å². The standard InChI is InChI=1S/C13H19N3O2S/c1-8(2)12(10(4)17)16-11(18)7-19-13-14-5-9(3)6-15-13/h5-6,8,12H,7H2,1-4H3,(H,16,18). The van der Waals surface area contributed by atoms with Gasteiger partial charge in [-0.1, -0.05) is 25.6 Å². The van der Waals surface area contributed by atoms with Gasteiger partial charge in [0.15, 0.2) is 10.9 Å².